The predicted molar refractivity (Wildman–Crippen MR) is 169 cm³/mol. The number of nitrogens with one attached hydrogen (secondary N) is 2. The van der Waals surface area contributed by atoms with Crippen LogP contribution in [0.2, 0.25) is 10.0 Å². The number of anilines is 1. The normalized spacial score (nSPS) is 14.4. The van der Waals surface area contributed by atoms with Crippen molar-refractivity contribution in [3.63, 3.8) is 0 Å². The van der Waals surface area contributed by atoms with Gasteiger partial charge in [-0.1, -0.05) is 53.5 Å². The molecule has 5 nitrogen and oxygen atoms in total. The molecule has 1 aromatic heterocycles. The highest BCUT2D eigenvalue weighted by atomic mass is 35.5. The Morgan fingerprint density at radius 1 is 0.902 bits per heavy atom. The highest BCUT2D eigenvalue weighted by molar-refractivity contribution is 6.31. The second kappa shape index (κ2) is 12.5. The second-order valence-electron chi connectivity index (χ2n) is 10.7. The Morgan fingerprint density at radius 2 is 1.68 bits per heavy atom. The molecule has 0 bridgehead atoms. The van der Waals surface area contributed by atoms with E-state index in [1.165, 1.54) is 11.1 Å². The van der Waals surface area contributed by atoms with E-state index in [-0.39, 0.29) is 5.91 Å². The number of likely N-dealkylation sites (tertiary alicyclic amines) is 1. The molecule has 7 heteroatoms. The molecule has 1 aliphatic heterocycles. The van der Waals surface area contributed by atoms with Crippen molar-refractivity contribution in [3.8, 4) is 11.4 Å². The van der Waals surface area contributed by atoms with Crippen LogP contribution < -0.4 is 5.32 Å². The van der Waals surface area contributed by atoms with E-state index in [1.54, 1.807) is 24.3 Å². The first-order valence-corrected chi connectivity index (χ1v) is 14.9. The molecule has 1 aliphatic rings. The highest BCUT2D eigenvalue weighted by Gasteiger charge is 2.21. The fourth-order valence-corrected chi connectivity index (χ4v) is 6.05. The Hall–Kier alpha value is -3.64. The first-order chi connectivity index (χ1) is 20.0. The van der Waals surface area contributed by atoms with Gasteiger partial charge in [0.05, 0.1) is 11.0 Å². The average Bonchev–Trinajstić information content (AvgIpc) is 3.43. The van der Waals surface area contributed by atoms with Crippen molar-refractivity contribution in [1.82, 2.24) is 14.9 Å². The quantitative estimate of drug-likeness (QED) is 0.192. The Labute approximate surface area is 250 Å². The maximum absolute atomic E-state index is 12.7. The Bertz CT molecular complexity index is 1660. The first kappa shape index (κ1) is 27.5. The van der Waals surface area contributed by atoms with Gasteiger partial charge >= 0.3 is 0 Å². The average molecular weight is 584 g/mol. The molecule has 0 aliphatic carbocycles. The molecule has 2 heterocycles. The first-order valence-electron chi connectivity index (χ1n) is 14.1. The summed E-state index contributed by atoms with van der Waals surface area (Å²) in [7, 11) is 0. The van der Waals surface area contributed by atoms with Gasteiger partial charge in [-0.05, 0) is 123 Å². The number of hydrogen-bond acceptors (Lipinski definition) is 3. The SMILES string of the molecule is O=C(Nc1cccc(C2CCN(CCCc3cccc4nc(-c5ccc(Cl)cc5)[nH]c34)CC2)c1)c1cccc(Cl)c1. The van der Waals surface area contributed by atoms with Gasteiger partial charge in [-0.3, -0.25) is 4.79 Å². The van der Waals surface area contributed by atoms with Gasteiger partial charge in [-0.15, -0.1) is 0 Å². The number of benzene rings is 4. The van der Waals surface area contributed by atoms with Gasteiger partial charge in [0, 0.05) is 26.9 Å². The number of carbonyl (C=O) groups excluding carboxylic acids is 1. The molecule has 208 valence electrons. The number of aryl methyl sites for hydroxylation is 1. The lowest BCUT2D eigenvalue weighted by atomic mass is 9.89. The Balaban J connectivity index is 1.01. The molecular formula is C34H32Cl2N4O. The molecule has 0 saturated carbocycles. The summed E-state index contributed by atoms with van der Waals surface area (Å²) in [5, 5.41) is 4.30. The molecule has 0 atom stereocenters. The number of nitrogens with zero attached hydrogens (tertiary/aromatic N) is 2. The summed E-state index contributed by atoms with van der Waals surface area (Å²) in [6, 6.07) is 29.4. The minimum atomic E-state index is -0.147. The number of H-pyrrole nitrogens is 1. The van der Waals surface area contributed by atoms with Crippen molar-refractivity contribution in [2.45, 2.75) is 31.6 Å². The van der Waals surface area contributed by atoms with Crippen LogP contribution in [0.25, 0.3) is 22.4 Å². The number of amides is 1. The van der Waals surface area contributed by atoms with Crippen molar-refractivity contribution in [2.75, 3.05) is 25.0 Å². The third-order valence-corrected chi connectivity index (χ3v) is 8.42. The van der Waals surface area contributed by atoms with E-state index < -0.39 is 0 Å². The zero-order valence-corrected chi connectivity index (χ0v) is 24.3. The van der Waals surface area contributed by atoms with E-state index in [0.717, 1.165) is 78.4 Å². The van der Waals surface area contributed by atoms with Crippen molar-refractivity contribution >= 4 is 45.8 Å². The van der Waals surface area contributed by atoms with Gasteiger partial charge in [0.15, 0.2) is 0 Å². The number of para-hydroxylation sites is 1. The third kappa shape index (κ3) is 6.65. The van der Waals surface area contributed by atoms with Crippen LogP contribution in [0, 0.1) is 0 Å². The van der Waals surface area contributed by atoms with Crippen LogP contribution in [0.15, 0.2) is 91.0 Å². The summed E-state index contributed by atoms with van der Waals surface area (Å²) in [4.78, 5) is 23.6. The molecule has 4 aromatic carbocycles. The number of hydrogen-bond donors (Lipinski definition) is 2. The van der Waals surface area contributed by atoms with Crippen molar-refractivity contribution in [3.05, 3.63) is 118 Å². The van der Waals surface area contributed by atoms with Crippen LogP contribution in [0.1, 0.15) is 46.7 Å². The summed E-state index contributed by atoms with van der Waals surface area (Å²) >= 11 is 12.1. The monoisotopic (exact) mass is 582 g/mol. The molecule has 2 N–H and O–H groups in total. The molecule has 1 fully saturated rings. The van der Waals surface area contributed by atoms with Crippen molar-refractivity contribution in [1.29, 1.82) is 0 Å². The zero-order valence-electron chi connectivity index (χ0n) is 22.7. The van der Waals surface area contributed by atoms with Gasteiger partial charge in [0.2, 0.25) is 0 Å². The van der Waals surface area contributed by atoms with Crippen molar-refractivity contribution < 1.29 is 4.79 Å². The van der Waals surface area contributed by atoms with Gasteiger partial charge in [0.1, 0.15) is 5.82 Å². The number of aromatic nitrogens is 2. The van der Waals surface area contributed by atoms with Crippen LogP contribution in [0.4, 0.5) is 5.69 Å². The van der Waals surface area contributed by atoms with E-state index in [2.05, 4.69) is 45.5 Å². The zero-order chi connectivity index (χ0) is 28.2. The standard InChI is InChI=1S/C34H32Cl2N4O/c35-28-14-12-25(13-15-28)33-38-31-11-3-5-24(32(31)39-33)8-4-18-40-19-16-23(17-20-40)26-6-2-10-30(22-26)37-34(41)27-7-1-9-29(36)21-27/h1-3,5-7,9-15,21-23H,4,8,16-20H2,(H,37,41)(H,38,39). The summed E-state index contributed by atoms with van der Waals surface area (Å²) < 4.78 is 0. The summed E-state index contributed by atoms with van der Waals surface area (Å²) in [6.07, 6.45) is 4.34. The summed E-state index contributed by atoms with van der Waals surface area (Å²) in [5.41, 5.74) is 7.13. The van der Waals surface area contributed by atoms with E-state index in [1.807, 2.05) is 36.4 Å². The van der Waals surface area contributed by atoms with E-state index in [4.69, 9.17) is 28.2 Å². The van der Waals surface area contributed by atoms with E-state index >= 15 is 0 Å². The highest BCUT2D eigenvalue weighted by Crippen LogP contribution is 2.30. The summed E-state index contributed by atoms with van der Waals surface area (Å²) in [6.45, 7) is 3.24. The molecular weight excluding hydrogens is 551 g/mol. The maximum Gasteiger partial charge on any atom is 0.255 e. The molecule has 1 saturated heterocycles. The molecule has 0 spiro atoms. The fourth-order valence-electron chi connectivity index (χ4n) is 5.73. The molecule has 41 heavy (non-hydrogen) atoms. The lowest BCUT2D eigenvalue weighted by Crippen LogP contribution is -2.33. The van der Waals surface area contributed by atoms with Gasteiger partial charge in [-0.2, -0.15) is 0 Å². The molecule has 1 amide bonds. The third-order valence-electron chi connectivity index (χ3n) is 7.93. The van der Waals surface area contributed by atoms with Crippen molar-refractivity contribution in [2.24, 2.45) is 0 Å². The largest absolute Gasteiger partial charge is 0.338 e. The van der Waals surface area contributed by atoms with Crippen LogP contribution in [-0.2, 0) is 6.42 Å². The second-order valence-corrected chi connectivity index (χ2v) is 11.6. The van der Waals surface area contributed by atoms with Crippen LogP contribution in [-0.4, -0.2) is 40.4 Å². The lowest BCUT2D eigenvalue weighted by Gasteiger charge is -2.32. The van der Waals surface area contributed by atoms with Gasteiger partial charge < -0.3 is 15.2 Å². The minimum Gasteiger partial charge on any atom is -0.338 e. The van der Waals surface area contributed by atoms with E-state index in [0.29, 0.717) is 16.5 Å². The number of piperidine rings is 1. The van der Waals surface area contributed by atoms with E-state index in [9.17, 15) is 4.79 Å². The number of imidazole rings is 1. The number of aromatic amines is 1. The topological polar surface area (TPSA) is 61.0 Å². The summed E-state index contributed by atoms with van der Waals surface area (Å²) in [5.74, 6) is 1.23. The maximum atomic E-state index is 12.7. The van der Waals surface area contributed by atoms with Crippen LogP contribution >= 0.6 is 23.2 Å². The Kier molecular flexibility index (Phi) is 8.38. The lowest BCUT2D eigenvalue weighted by molar-refractivity contribution is 0.102. The smallest absolute Gasteiger partial charge is 0.255 e. The molecule has 6 rings (SSSR count). The van der Waals surface area contributed by atoms with Gasteiger partial charge in [-0.25, -0.2) is 4.98 Å². The number of rotatable bonds is 8. The van der Waals surface area contributed by atoms with Gasteiger partial charge in [0.25, 0.3) is 5.91 Å². The number of carbonyl (C=O) groups is 1. The van der Waals surface area contributed by atoms with Crippen LogP contribution in [0.5, 0.6) is 0 Å². The minimum absolute atomic E-state index is 0.147. The number of halogens is 2. The number of fused-ring (bicyclic) bond motifs is 1. The molecule has 0 radical (unpaired) electrons. The fraction of sp³-hybridized carbons (Fsp3) is 0.235. The predicted octanol–water partition coefficient (Wildman–Crippen LogP) is 8.60. The molecule has 0 unspecified atom stereocenters. The molecule has 5 aromatic rings. The Morgan fingerprint density at radius 3 is 2.49 bits per heavy atom. The van der Waals surface area contributed by atoms with Crippen LogP contribution in [0.3, 0.4) is 0 Å².